The summed E-state index contributed by atoms with van der Waals surface area (Å²) in [5, 5.41) is 16.1. The molecule has 1 aromatic carbocycles. The van der Waals surface area contributed by atoms with Crippen molar-refractivity contribution in [2.24, 2.45) is 0 Å². The number of hydrogen-bond acceptors (Lipinski definition) is 4. The highest BCUT2D eigenvalue weighted by Gasteiger charge is 2.21. The van der Waals surface area contributed by atoms with Gasteiger partial charge < -0.3 is 0 Å². The SMILES string of the molecule is N#Cc1ccc(S(=O)(=O)NCc2n[nH]c3c2CCCCC3)c(Cl)c1. The average Bonchev–Trinajstić information content (AvgIpc) is 2.79. The molecule has 0 saturated heterocycles. The van der Waals surface area contributed by atoms with Gasteiger partial charge in [0.05, 0.1) is 28.9 Å². The monoisotopic (exact) mass is 364 g/mol. The molecule has 0 saturated carbocycles. The van der Waals surface area contributed by atoms with Crippen molar-refractivity contribution in [3.8, 4) is 6.07 Å². The van der Waals surface area contributed by atoms with E-state index in [9.17, 15) is 8.42 Å². The lowest BCUT2D eigenvalue weighted by molar-refractivity contribution is 0.580. The third kappa shape index (κ3) is 3.46. The summed E-state index contributed by atoms with van der Waals surface area (Å²) in [6.45, 7) is 0.116. The van der Waals surface area contributed by atoms with Gasteiger partial charge in [-0.2, -0.15) is 10.4 Å². The molecule has 0 fully saturated rings. The molecular formula is C16H17ClN4O2S. The summed E-state index contributed by atoms with van der Waals surface area (Å²) in [6, 6.07) is 6.04. The van der Waals surface area contributed by atoms with Gasteiger partial charge in [-0.3, -0.25) is 5.10 Å². The first-order valence-electron chi connectivity index (χ1n) is 7.75. The lowest BCUT2D eigenvalue weighted by Gasteiger charge is -2.08. The summed E-state index contributed by atoms with van der Waals surface area (Å²) in [5.41, 5.74) is 3.29. The molecule has 1 aliphatic rings. The summed E-state index contributed by atoms with van der Waals surface area (Å²) in [7, 11) is -3.77. The Bertz CT molecular complexity index is 899. The van der Waals surface area contributed by atoms with Gasteiger partial charge in [0.2, 0.25) is 10.0 Å². The van der Waals surface area contributed by atoms with Crippen LogP contribution in [-0.4, -0.2) is 18.6 Å². The zero-order chi connectivity index (χ0) is 17.2. The number of nitrogens with one attached hydrogen (secondary N) is 2. The van der Waals surface area contributed by atoms with Crippen LogP contribution in [0, 0.1) is 11.3 Å². The molecule has 0 bridgehead atoms. The third-order valence-corrected chi connectivity index (χ3v) is 6.06. The fraction of sp³-hybridized carbons (Fsp3) is 0.375. The van der Waals surface area contributed by atoms with E-state index in [0.717, 1.165) is 42.6 Å². The molecular weight excluding hydrogens is 348 g/mol. The van der Waals surface area contributed by atoms with Crippen molar-refractivity contribution < 1.29 is 8.42 Å². The number of halogens is 1. The van der Waals surface area contributed by atoms with Crippen LogP contribution in [0.3, 0.4) is 0 Å². The van der Waals surface area contributed by atoms with Crippen molar-refractivity contribution in [2.45, 2.75) is 43.5 Å². The van der Waals surface area contributed by atoms with Gasteiger partial charge in [-0.1, -0.05) is 18.0 Å². The second kappa shape index (κ2) is 6.93. The van der Waals surface area contributed by atoms with Crippen LogP contribution in [0.4, 0.5) is 0 Å². The minimum atomic E-state index is -3.77. The van der Waals surface area contributed by atoms with Crippen LogP contribution < -0.4 is 4.72 Å². The molecule has 24 heavy (non-hydrogen) atoms. The minimum Gasteiger partial charge on any atom is -0.282 e. The molecule has 0 spiro atoms. The van der Waals surface area contributed by atoms with E-state index in [0.29, 0.717) is 5.56 Å². The third-order valence-electron chi connectivity index (χ3n) is 4.17. The maximum Gasteiger partial charge on any atom is 0.242 e. The van der Waals surface area contributed by atoms with E-state index in [4.69, 9.17) is 16.9 Å². The van der Waals surface area contributed by atoms with Gasteiger partial charge in [0, 0.05) is 5.69 Å². The van der Waals surface area contributed by atoms with Crippen LogP contribution in [0.25, 0.3) is 0 Å². The van der Waals surface area contributed by atoms with Gasteiger partial charge in [0.25, 0.3) is 0 Å². The summed E-state index contributed by atoms with van der Waals surface area (Å²) in [5.74, 6) is 0. The number of sulfonamides is 1. The lowest BCUT2D eigenvalue weighted by Crippen LogP contribution is -2.24. The fourth-order valence-electron chi connectivity index (χ4n) is 2.90. The molecule has 8 heteroatoms. The Kier molecular flexibility index (Phi) is 4.90. The van der Waals surface area contributed by atoms with Crippen molar-refractivity contribution in [3.63, 3.8) is 0 Å². The largest absolute Gasteiger partial charge is 0.282 e. The predicted molar refractivity (Wildman–Crippen MR) is 90.0 cm³/mol. The van der Waals surface area contributed by atoms with E-state index >= 15 is 0 Å². The number of aromatic amines is 1. The Labute approximate surface area is 145 Å². The second-order valence-electron chi connectivity index (χ2n) is 5.77. The maximum atomic E-state index is 12.5. The molecule has 1 aliphatic carbocycles. The van der Waals surface area contributed by atoms with E-state index in [-0.39, 0.29) is 16.5 Å². The number of rotatable bonds is 4. The molecule has 1 aromatic heterocycles. The molecule has 0 aliphatic heterocycles. The lowest BCUT2D eigenvalue weighted by atomic mass is 10.1. The molecule has 0 radical (unpaired) electrons. The highest BCUT2D eigenvalue weighted by Crippen LogP contribution is 2.24. The van der Waals surface area contributed by atoms with Crippen molar-refractivity contribution in [3.05, 3.63) is 45.7 Å². The summed E-state index contributed by atoms with van der Waals surface area (Å²) in [4.78, 5) is -0.0372. The van der Waals surface area contributed by atoms with Crippen LogP contribution in [0.1, 0.15) is 41.8 Å². The van der Waals surface area contributed by atoms with Crippen molar-refractivity contribution in [1.29, 1.82) is 5.26 Å². The van der Waals surface area contributed by atoms with Gasteiger partial charge >= 0.3 is 0 Å². The van der Waals surface area contributed by atoms with Crippen LogP contribution >= 0.6 is 11.6 Å². The summed E-state index contributed by atoms with van der Waals surface area (Å²) >= 11 is 6.00. The Morgan fingerprint density at radius 1 is 1.29 bits per heavy atom. The Morgan fingerprint density at radius 3 is 2.83 bits per heavy atom. The Hall–Kier alpha value is -1.88. The van der Waals surface area contributed by atoms with E-state index in [1.54, 1.807) is 0 Å². The summed E-state index contributed by atoms with van der Waals surface area (Å²) < 4.78 is 27.5. The number of hydrogen-bond donors (Lipinski definition) is 2. The topological polar surface area (TPSA) is 98.6 Å². The highest BCUT2D eigenvalue weighted by molar-refractivity contribution is 7.89. The van der Waals surface area contributed by atoms with E-state index < -0.39 is 10.0 Å². The van der Waals surface area contributed by atoms with Gasteiger partial charge in [-0.25, -0.2) is 13.1 Å². The van der Waals surface area contributed by atoms with Crippen LogP contribution in [0.2, 0.25) is 5.02 Å². The molecule has 2 aromatic rings. The van der Waals surface area contributed by atoms with Gasteiger partial charge in [-0.05, 0) is 49.4 Å². The molecule has 0 amide bonds. The molecule has 0 atom stereocenters. The quantitative estimate of drug-likeness (QED) is 0.815. The van der Waals surface area contributed by atoms with Crippen LogP contribution in [0.5, 0.6) is 0 Å². The van der Waals surface area contributed by atoms with Gasteiger partial charge in [0.15, 0.2) is 0 Å². The van der Waals surface area contributed by atoms with Crippen molar-refractivity contribution in [1.82, 2.24) is 14.9 Å². The fourth-order valence-corrected chi connectivity index (χ4v) is 4.43. The smallest absolute Gasteiger partial charge is 0.242 e. The predicted octanol–water partition coefficient (Wildman–Crippen LogP) is 2.68. The highest BCUT2D eigenvalue weighted by atomic mass is 35.5. The molecule has 6 nitrogen and oxygen atoms in total. The number of benzene rings is 1. The van der Waals surface area contributed by atoms with Gasteiger partial charge in [-0.15, -0.1) is 0 Å². The Morgan fingerprint density at radius 2 is 2.08 bits per heavy atom. The summed E-state index contributed by atoms with van der Waals surface area (Å²) in [6.07, 6.45) is 5.26. The second-order valence-corrected chi connectivity index (χ2v) is 7.91. The van der Waals surface area contributed by atoms with E-state index in [1.807, 2.05) is 6.07 Å². The number of aromatic nitrogens is 2. The van der Waals surface area contributed by atoms with Crippen LogP contribution in [0.15, 0.2) is 23.1 Å². The number of nitrogens with zero attached hydrogens (tertiary/aromatic N) is 2. The number of H-pyrrole nitrogens is 1. The maximum absolute atomic E-state index is 12.5. The first-order chi connectivity index (χ1) is 11.5. The molecule has 3 rings (SSSR count). The average molecular weight is 365 g/mol. The zero-order valence-electron chi connectivity index (χ0n) is 13.0. The Balaban J connectivity index is 1.79. The standard InChI is InChI=1S/C16H17ClN4O2S/c17-13-8-11(9-18)6-7-16(13)24(22,23)19-10-15-12-4-2-1-3-5-14(12)20-21-15/h6-8,19H,1-5,10H2,(H,20,21). The first kappa shape index (κ1) is 17.0. The van der Waals surface area contributed by atoms with Crippen molar-refractivity contribution >= 4 is 21.6 Å². The van der Waals surface area contributed by atoms with Gasteiger partial charge in [0.1, 0.15) is 4.90 Å². The van der Waals surface area contributed by atoms with E-state index in [2.05, 4.69) is 14.9 Å². The first-order valence-corrected chi connectivity index (χ1v) is 9.61. The van der Waals surface area contributed by atoms with E-state index in [1.165, 1.54) is 24.6 Å². The minimum absolute atomic E-state index is 0.0300. The number of aryl methyl sites for hydroxylation is 1. The molecule has 2 N–H and O–H groups in total. The zero-order valence-corrected chi connectivity index (χ0v) is 14.5. The molecule has 126 valence electrons. The molecule has 1 heterocycles. The molecule has 0 unspecified atom stereocenters. The van der Waals surface area contributed by atoms with Crippen LogP contribution in [-0.2, 0) is 29.4 Å². The van der Waals surface area contributed by atoms with Crippen molar-refractivity contribution in [2.75, 3.05) is 0 Å². The number of fused-ring (bicyclic) bond motifs is 1. The number of nitriles is 1. The normalized spacial score (nSPS) is 14.7.